The first kappa shape index (κ1) is 11.0. The average molecular weight is 231 g/mol. The molecule has 2 aromatic rings. The number of hydrogen-bond donors (Lipinski definition) is 0. The normalized spacial score (nSPS) is 10.4. The van der Waals surface area contributed by atoms with E-state index in [4.69, 9.17) is 0 Å². The molecule has 0 aliphatic heterocycles. The summed E-state index contributed by atoms with van der Waals surface area (Å²) in [5.41, 5.74) is 2.37. The highest BCUT2D eigenvalue weighted by atomic mass is 32.1. The maximum atomic E-state index is 11.0. The number of hydrogen-bond acceptors (Lipinski definition) is 3. The topological polar surface area (TPSA) is 30.0 Å². The van der Waals surface area contributed by atoms with Gasteiger partial charge in [-0.2, -0.15) is 0 Å². The average Bonchev–Trinajstić information content (AvgIpc) is 2.66. The summed E-state index contributed by atoms with van der Waals surface area (Å²) in [6, 6.07) is 8.16. The van der Waals surface area contributed by atoms with Crippen LogP contribution in [0.4, 0.5) is 0 Å². The minimum Gasteiger partial charge on any atom is -0.300 e. The van der Waals surface area contributed by atoms with Gasteiger partial charge in [0.2, 0.25) is 0 Å². The molecule has 0 N–H and O–H groups in total. The predicted molar refractivity (Wildman–Crippen MR) is 66.7 cm³/mol. The zero-order valence-electron chi connectivity index (χ0n) is 9.36. The summed E-state index contributed by atoms with van der Waals surface area (Å²) in [6.07, 6.45) is 2.29. The molecule has 2 rings (SSSR count). The molecule has 0 amide bonds. The summed E-state index contributed by atoms with van der Waals surface area (Å²) in [6.45, 7) is 3.68. The fraction of sp³-hybridized carbons (Fsp3) is 0.231. The van der Waals surface area contributed by atoms with Gasteiger partial charge in [-0.1, -0.05) is 24.3 Å². The third-order valence-electron chi connectivity index (χ3n) is 2.35. The van der Waals surface area contributed by atoms with E-state index in [1.165, 1.54) is 5.56 Å². The highest BCUT2D eigenvalue weighted by molar-refractivity contribution is 7.15. The molecule has 2 nitrogen and oxygen atoms in total. The number of benzene rings is 1. The molecule has 82 valence electrons. The number of carbonyl (C=O) groups excluding carboxylic acids is 1. The van der Waals surface area contributed by atoms with Crippen LogP contribution in [-0.4, -0.2) is 10.8 Å². The zero-order chi connectivity index (χ0) is 11.5. The first-order valence-electron chi connectivity index (χ1n) is 5.17. The molecule has 0 radical (unpaired) electrons. The molecule has 16 heavy (non-hydrogen) atoms. The molecule has 1 heterocycles. The van der Waals surface area contributed by atoms with Crippen LogP contribution in [0.25, 0.3) is 10.6 Å². The largest absolute Gasteiger partial charge is 0.300 e. The second-order valence-corrected chi connectivity index (χ2v) is 4.94. The summed E-state index contributed by atoms with van der Waals surface area (Å²) < 4.78 is 0. The Balaban J connectivity index is 2.32. The van der Waals surface area contributed by atoms with E-state index in [1.807, 2.05) is 12.1 Å². The van der Waals surface area contributed by atoms with E-state index in [0.29, 0.717) is 6.42 Å². The lowest BCUT2D eigenvalue weighted by molar-refractivity contribution is -0.116. The smallest absolute Gasteiger partial charge is 0.135 e. The van der Waals surface area contributed by atoms with Crippen LogP contribution < -0.4 is 0 Å². The van der Waals surface area contributed by atoms with Gasteiger partial charge in [0.1, 0.15) is 10.8 Å². The maximum Gasteiger partial charge on any atom is 0.135 e. The molecule has 3 heteroatoms. The van der Waals surface area contributed by atoms with Crippen molar-refractivity contribution in [2.75, 3.05) is 0 Å². The standard InChI is InChI=1S/C13H13NOS/c1-9-5-3-4-6-12(9)13-14-8-11(16-13)7-10(2)15/h3-6,8H,7H2,1-2H3. The number of aromatic nitrogens is 1. The fourth-order valence-corrected chi connectivity index (χ4v) is 2.65. The van der Waals surface area contributed by atoms with Crippen molar-refractivity contribution in [1.82, 2.24) is 4.98 Å². The lowest BCUT2D eigenvalue weighted by atomic mass is 10.1. The van der Waals surface area contributed by atoms with E-state index in [1.54, 1.807) is 24.5 Å². The molecule has 0 aliphatic rings. The monoisotopic (exact) mass is 231 g/mol. The Bertz CT molecular complexity index is 516. The maximum absolute atomic E-state index is 11.0. The van der Waals surface area contributed by atoms with Gasteiger partial charge in [0.05, 0.1) is 0 Å². The lowest BCUT2D eigenvalue weighted by Crippen LogP contribution is -1.92. The van der Waals surface area contributed by atoms with Crippen molar-refractivity contribution in [3.63, 3.8) is 0 Å². The molecule has 0 fully saturated rings. The Kier molecular flexibility index (Phi) is 3.15. The van der Waals surface area contributed by atoms with E-state index in [-0.39, 0.29) is 5.78 Å². The van der Waals surface area contributed by atoms with E-state index in [0.717, 1.165) is 15.4 Å². The third-order valence-corrected chi connectivity index (χ3v) is 3.38. The Hall–Kier alpha value is -1.48. The Labute approximate surface area is 99.0 Å². The number of Topliss-reactive ketones (excluding diaryl/α,β-unsaturated/α-hetero) is 1. The van der Waals surface area contributed by atoms with Crippen LogP contribution in [0.1, 0.15) is 17.4 Å². The van der Waals surface area contributed by atoms with Crippen molar-refractivity contribution >= 4 is 17.1 Å². The van der Waals surface area contributed by atoms with E-state index in [2.05, 4.69) is 24.0 Å². The van der Waals surface area contributed by atoms with Crippen LogP contribution in [0.15, 0.2) is 30.5 Å². The highest BCUT2D eigenvalue weighted by Crippen LogP contribution is 2.27. The molecular formula is C13H13NOS. The van der Waals surface area contributed by atoms with Gasteiger partial charge in [0.15, 0.2) is 0 Å². The third kappa shape index (κ3) is 2.36. The summed E-state index contributed by atoms with van der Waals surface area (Å²) in [5.74, 6) is 0.181. The van der Waals surface area contributed by atoms with Crippen LogP contribution in [0.5, 0.6) is 0 Å². The van der Waals surface area contributed by atoms with Crippen LogP contribution in [0.2, 0.25) is 0 Å². The fourth-order valence-electron chi connectivity index (χ4n) is 1.57. The molecule has 0 saturated heterocycles. The highest BCUT2D eigenvalue weighted by Gasteiger charge is 2.07. The molecule has 0 saturated carbocycles. The van der Waals surface area contributed by atoms with Gasteiger partial charge in [-0.05, 0) is 19.4 Å². The number of rotatable bonds is 3. The lowest BCUT2D eigenvalue weighted by Gasteiger charge is -1.99. The quantitative estimate of drug-likeness (QED) is 0.811. The van der Waals surface area contributed by atoms with Crippen molar-refractivity contribution in [2.45, 2.75) is 20.3 Å². The van der Waals surface area contributed by atoms with Crippen LogP contribution in [0.3, 0.4) is 0 Å². The molecule has 1 aromatic carbocycles. The van der Waals surface area contributed by atoms with Crippen molar-refractivity contribution in [3.8, 4) is 10.6 Å². The Morgan fingerprint density at radius 3 is 2.81 bits per heavy atom. The van der Waals surface area contributed by atoms with Crippen molar-refractivity contribution in [2.24, 2.45) is 0 Å². The Morgan fingerprint density at radius 1 is 1.38 bits per heavy atom. The molecule has 0 spiro atoms. The minimum atomic E-state index is 0.181. The van der Waals surface area contributed by atoms with Crippen LogP contribution in [-0.2, 0) is 11.2 Å². The van der Waals surface area contributed by atoms with Gasteiger partial charge in [-0.25, -0.2) is 4.98 Å². The van der Waals surface area contributed by atoms with Gasteiger partial charge in [-0.15, -0.1) is 11.3 Å². The molecule has 0 aliphatic carbocycles. The molecule has 0 bridgehead atoms. The second-order valence-electron chi connectivity index (χ2n) is 3.83. The van der Waals surface area contributed by atoms with E-state index >= 15 is 0 Å². The van der Waals surface area contributed by atoms with Crippen LogP contribution >= 0.6 is 11.3 Å². The van der Waals surface area contributed by atoms with Gasteiger partial charge in [0.25, 0.3) is 0 Å². The molecule has 0 atom stereocenters. The number of aryl methyl sites for hydroxylation is 1. The summed E-state index contributed by atoms with van der Waals surface area (Å²) in [4.78, 5) is 16.4. The SMILES string of the molecule is CC(=O)Cc1cnc(-c2ccccc2C)s1. The zero-order valence-corrected chi connectivity index (χ0v) is 10.2. The first-order chi connectivity index (χ1) is 7.66. The number of thiazole rings is 1. The van der Waals surface area contributed by atoms with Gasteiger partial charge < -0.3 is 0 Å². The second kappa shape index (κ2) is 4.58. The van der Waals surface area contributed by atoms with Crippen molar-refractivity contribution in [1.29, 1.82) is 0 Å². The van der Waals surface area contributed by atoms with Gasteiger partial charge >= 0.3 is 0 Å². The number of ketones is 1. The van der Waals surface area contributed by atoms with Gasteiger partial charge in [-0.3, -0.25) is 4.79 Å². The van der Waals surface area contributed by atoms with Crippen molar-refractivity contribution < 1.29 is 4.79 Å². The van der Waals surface area contributed by atoms with Crippen molar-refractivity contribution in [3.05, 3.63) is 40.9 Å². The molecule has 0 unspecified atom stereocenters. The van der Waals surface area contributed by atoms with Crippen LogP contribution in [0, 0.1) is 6.92 Å². The summed E-state index contributed by atoms with van der Waals surface area (Å²) in [7, 11) is 0. The number of carbonyl (C=O) groups is 1. The van der Waals surface area contributed by atoms with E-state index < -0.39 is 0 Å². The Morgan fingerprint density at radius 2 is 2.12 bits per heavy atom. The first-order valence-corrected chi connectivity index (χ1v) is 5.98. The number of nitrogens with zero attached hydrogens (tertiary/aromatic N) is 1. The summed E-state index contributed by atoms with van der Waals surface area (Å²) >= 11 is 1.60. The predicted octanol–water partition coefficient (Wildman–Crippen LogP) is 3.25. The van der Waals surface area contributed by atoms with Gasteiger partial charge in [0, 0.05) is 23.1 Å². The molecule has 1 aromatic heterocycles. The summed E-state index contributed by atoms with van der Waals surface area (Å²) in [5, 5.41) is 0.995. The molecular weight excluding hydrogens is 218 g/mol. The minimum absolute atomic E-state index is 0.181. The van der Waals surface area contributed by atoms with E-state index in [9.17, 15) is 4.79 Å².